The molecule has 2 aromatic rings. The molecule has 6 nitrogen and oxygen atoms in total. The smallest absolute Gasteiger partial charge is 0.318 e. The van der Waals surface area contributed by atoms with Crippen LogP contribution >= 0.6 is 0 Å². The topological polar surface area (TPSA) is 53.5 Å². The number of piperazine rings is 1. The molecule has 4 fully saturated rings. The molecule has 1 N–H and O–H groups in total. The van der Waals surface area contributed by atoms with Gasteiger partial charge in [-0.1, -0.05) is 24.3 Å². The Bertz CT molecular complexity index is 1230. The van der Waals surface area contributed by atoms with E-state index < -0.39 is 6.17 Å². The van der Waals surface area contributed by atoms with Crippen LogP contribution in [0.3, 0.4) is 0 Å². The number of anilines is 1. The summed E-state index contributed by atoms with van der Waals surface area (Å²) in [6.07, 6.45) is 11.3. The molecule has 1 aromatic carbocycles. The van der Waals surface area contributed by atoms with Gasteiger partial charge in [-0.2, -0.15) is 9.97 Å². The number of fused-ring (bicyclic) bond motifs is 5. The molecule has 7 heteroatoms. The summed E-state index contributed by atoms with van der Waals surface area (Å²) in [4.78, 5) is 15.1. The third-order valence-electron chi connectivity index (χ3n) is 10.9. The molecular weight excluding hydrogens is 477 g/mol. The quantitative estimate of drug-likeness (QED) is 0.661. The van der Waals surface area contributed by atoms with Gasteiger partial charge in [0.2, 0.25) is 0 Å². The highest BCUT2D eigenvalue weighted by Gasteiger charge is 2.49. The van der Waals surface area contributed by atoms with Crippen molar-refractivity contribution in [3.63, 3.8) is 0 Å². The summed E-state index contributed by atoms with van der Waals surface area (Å²) in [6, 6.07) is 10.6. The predicted octanol–water partition coefficient (Wildman–Crippen LogP) is 4.04. The van der Waals surface area contributed by atoms with Crippen molar-refractivity contribution in [3.05, 3.63) is 46.6 Å². The van der Waals surface area contributed by atoms with E-state index in [1.807, 2.05) is 0 Å². The van der Waals surface area contributed by atoms with E-state index in [-0.39, 0.29) is 11.0 Å². The zero-order valence-electron chi connectivity index (χ0n) is 22.4. The average Bonchev–Trinajstić information content (AvgIpc) is 3.57. The molecule has 6 aliphatic rings. The molecule has 38 heavy (non-hydrogen) atoms. The molecule has 0 amide bonds. The van der Waals surface area contributed by atoms with Gasteiger partial charge >= 0.3 is 6.01 Å². The van der Waals surface area contributed by atoms with E-state index in [1.165, 1.54) is 48.1 Å². The van der Waals surface area contributed by atoms with Gasteiger partial charge in [-0.05, 0) is 87.3 Å². The van der Waals surface area contributed by atoms with Crippen LogP contribution in [0.25, 0.3) is 0 Å². The first-order chi connectivity index (χ1) is 18.6. The number of halogens is 1. The molecule has 4 aliphatic heterocycles. The Balaban J connectivity index is 1.12. The number of hydrogen-bond donors (Lipinski definition) is 1. The molecule has 0 unspecified atom stereocenters. The van der Waals surface area contributed by atoms with Gasteiger partial charge < -0.3 is 15.0 Å². The highest BCUT2D eigenvalue weighted by Crippen LogP contribution is 2.47. The van der Waals surface area contributed by atoms with Gasteiger partial charge in [0.1, 0.15) is 18.6 Å². The maximum Gasteiger partial charge on any atom is 0.318 e. The minimum Gasteiger partial charge on any atom is -0.461 e. The van der Waals surface area contributed by atoms with Crippen molar-refractivity contribution in [2.45, 2.75) is 94.4 Å². The normalized spacial score (nSPS) is 35.8. The average molecular weight is 518 g/mol. The summed E-state index contributed by atoms with van der Waals surface area (Å²) in [7, 11) is 0. The lowest BCUT2D eigenvalue weighted by molar-refractivity contribution is 0.106. The van der Waals surface area contributed by atoms with Crippen molar-refractivity contribution in [1.29, 1.82) is 0 Å². The molecule has 2 aliphatic carbocycles. The van der Waals surface area contributed by atoms with Crippen molar-refractivity contribution < 1.29 is 9.13 Å². The van der Waals surface area contributed by atoms with Crippen molar-refractivity contribution >= 4 is 5.82 Å². The summed E-state index contributed by atoms with van der Waals surface area (Å²) in [5.74, 6) is 1.12. The fourth-order valence-corrected chi connectivity index (χ4v) is 8.91. The Kier molecular flexibility index (Phi) is 5.52. The molecule has 8 rings (SSSR count). The van der Waals surface area contributed by atoms with E-state index in [0.29, 0.717) is 37.7 Å². The second-order valence-corrected chi connectivity index (χ2v) is 13.3. The third kappa shape index (κ3) is 3.95. The van der Waals surface area contributed by atoms with Crippen LogP contribution in [0.5, 0.6) is 6.01 Å². The molecule has 1 spiro atoms. The molecule has 2 bridgehead atoms. The molecular formula is C31H40FN5O. The number of hydrogen-bond acceptors (Lipinski definition) is 6. The van der Waals surface area contributed by atoms with Gasteiger partial charge in [0, 0.05) is 43.7 Å². The lowest BCUT2D eigenvalue weighted by Crippen LogP contribution is -2.52. The summed E-state index contributed by atoms with van der Waals surface area (Å²) < 4.78 is 20.9. The number of rotatable bonds is 4. The van der Waals surface area contributed by atoms with Gasteiger partial charge in [0.25, 0.3) is 0 Å². The summed E-state index contributed by atoms with van der Waals surface area (Å²) in [5, 5.41) is 3.77. The minimum absolute atomic E-state index is 0.179. The van der Waals surface area contributed by atoms with E-state index in [4.69, 9.17) is 14.7 Å². The van der Waals surface area contributed by atoms with Crippen LogP contribution in [0.1, 0.15) is 67.3 Å². The fourth-order valence-electron chi connectivity index (χ4n) is 8.91. The Morgan fingerprint density at radius 3 is 2.66 bits per heavy atom. The minimum atomic E-state index is -0.746. The number of ether oxygens (including phenoxy) is 1. The molecule has 0 saturated carbocycles. The number of nitrogens with one attached hydrogen (secondary N) is 1. The molecule has 5 heterocycles. The zero-order valence-corrected chi connectivity index (χ0v) is 22.4. The van der Waals surface area contributed by atoms with E-state index in [2.05, 4.69) is 39.4 Å². The second kappa shape index (κ2) is 8.88. The van der Waals surface area contributed by atoms with Crippen LogP contribution in [0.15, 0.2) is 24.3 Å². The van der Waals surface area contributed by atoms with Crippen LogP contribution in [0, 0.1) is 5.41 Å². The Labute approximate surface area is 225 Å². The predicted molar refractivity (Wildman–Crippen MR) is 146 cm³/mol. The molecule has 4 saturated heterocycles. The lowest BCUT2D eigenvalue weighted by atomic mass is 9.63. The second-order valence-electron chi connectivity index (χ2n) is 13.3. The lowest BCUT2D eigenvalue weighted by Gasteiger charge is -2.43. The maximum absolute atomic E-state index is 14.4. The number of nitrogens with zero attached hydrogens (tertiary/aromatic N) is 4. The Morgan fingerprint density at radius 1 is 0.974 bits per heavy atom. The van der Waals surface area contributed by atoms with Crippen LogP contribution in [0.2, 0.25) is 0 Å². The van der Waals surface area contributed by atoms with Gasteiger partial charge in [0.05, 0.1) is 11.2 Å². The summed E-state index contributed by atoms with van der Waals surface area (Å²) in [6.45, 7) is 4.05. The first-order valence-electron chi connectivity index (χ1n) is 15.1. The number of aromatic nitrogens is 2. The Morgan fingerprint density at radius 2 is 1.79 bits per heavy atom. The first-order valence-corrected chi connectivity index (χ1v) is 15.1. The van der Waals surface area contributed by atoms with E-state index >= 15 is 0 Å². The molecule has 202 valence electrons. The van der Waals surface area contributed by atoms with Gasteiger partial charge in [-0.3, -0.25) is 4.90 Å². The molecule has 1 aromatic heterocycles. The molecule has 0 radical (unpaired) electrons. The van der Waals surface area contributed by atoms with Crippen LogP contribution in [-0.2, 0) is 25.7 Å². The van der Waals surface area contributed by atoms with E-state index in [1.54, 1.807) is 0 Å². The van der Waals surface area contributed by atoms with Gasteiger partial charge in [-0.25, -0.2) is 4.39 Å². The third-order valence-corrected chi connectivity index (χ3v) is 10.9. The van der Waals surface area contributed by atoms with Gasteiger partial charge in [-0.15, -0.1) is 0 Å². The van der Waals surface area contributed by atoms with Crippen LogP contribution in [-0.4, -0.2) is 71.4 Å². The number of aryl methyl sites for hydroxylation is 1. The maximum atomic E-state index is 14.4. The zero-order chi connectivity index (χ0) is 25.3. The van der Waals surface area contributed by atoms with Crippen molar-refractivity contribution in [2.75, 3.05) is 37.7 Å². The highest BCUT2D eigenvalue weighted by molar-refractivity contribution is 5.53. The van der Waals surface area contributed by atoms with Crippen molar-refractivity contribution in [1.82, 2.24) is 20.2 Å². The highest BCUT2D eigenvalue weighted by atomic mass is 19.1. The first kappa shape index (κ1) is 23.6. The standard InChI is InChI=1S/C31H40FN5O/c32-23-15-31(10-3-13-37(31)17-23)20-38-29-34-27-16-30(11-8-21-4-1-2-5-22(21)14-30)12-9-26(27)28(35-29)36-18-24-6-7-25(19-36)33-24/h1-2,4-5,23-25,33H,3,6-20H2/t23-,24-,25+,30+,31+/m1/s1. The van der Waals surface area contributed by atoms with Crippen LogP contribution in [0.4, 0.5) is 10.2 Å². The monoisotopic (exact) mass is 517 g/mol. The van der Waals surface area contributed by atoms with Crippen LogP contribution < -0.4 is 15.0 Å². The fraction of sp³-hybridized carbons (Fsp3) is 0.677. The largest absolute Gasteiger partial charge is 0.461 e. The Hall–Kier alpha value is -2.25. The van der Waals surface area contributed by atoms with Gasteiger partial charge in [0.15, 0.2) is 0 Å². The number of alkyl halides is 1. The van der Waals surface area contributed by atoms with E-state index in [0.717, 1.165) is 64.0 Å². The van der Waals surface area contributed by atoms with Crippen molar-refractivity contribution in [2.24, 2.45) is 5.41 Å². The summed E-state index contributed by atoms with van der Waals surface area (Å²) >= 11 is 0. The SMILES string of the molecule is F[C@H]1CN2CCC[C@@]2(COc2nc3c(c(N4C[C@H]5CC[C@@H](C4)N5)n2)CC[C@]2(CCc4ccccc4C2)C3)C1. The van der Waals surface area contributed by atoms with E-state index in [9.17, 15) is 4.39 Å². The summed E-state index contributed by atoms with van der Waals surface area (Å²) in [5.41, 5.74) is 5.71. The molecule has 5 atom stereocenters. The number of benzene rings is 1. The van der Waals surface area contributed by atoms with Crippen molar-refractivity contribution in [3.8, 4) is 6.01 Å².